The van der Waals surface area contributed by atoms with E-state index in [0.717, 1.165) is 18.5 Å². The molecule has 1 aliphatic heterocycles. The Bertz CT molecular complexity index is 542. The Hall–Kier alpha value is -1.94. The van der Waals surface area contributed by atoms with Gasteiger partial charge >= 0.3 is 0 Å². The highest BCUT2D eigenvalue weighted by molar-refractivity contribution is 5.98. The van der Waals surface area contributed by atoms with Crippen LogP contribution in [0.15, 0.2) is 42.6 Å². The SMILES string of the molecule is O=C(c1ccnn1-c1ccccc1)C1CCCO1. The Morgan fingerprint density at radius 1 is 1.28 bits per heavy atom. The molecule has 0 radical (unpaired) electrons. The molecule has 1 atom stereocenters. The lowest BCUT2D eigenvalue weighted by atomic mass is 10.1. The standard InChI is InChI=1S/C14H14N2O2/c17-14(13-7-4-10-18-13)12-8-9-15-16(12)11-5-2-1-3-6-11/h1-3,5-6,8-9,13H,4,7,10H2. The molecule has 92 valence electrons. The van der Waals surface area contributed by atoms with Gasteiger partial charge in [0.1, 0.15) is 11.8 Å². The molecule has 2 aromatic rings. The fourth-order valence-electron chi connectivity index (χ4n) is 2.21. The predicted octanol–water partition coefficient (Wildman–Crippen LogP) is 2.23. The number of Topliss-reactive ketones (excluding diaryl/α,β-unsaturated/α-hetero) is 1. The Balaban J connectivity index is 1.94. The number of aromatic nitrogens is 2. The molecule has 0 saturated carbocycles. The van der Waals surface area contributed by atoms with Crippen LogP contribution in [-0.4, -0.2) is 28.3 Å². The number of hydrogen-bond donors (Lipinski definition) is 0. The van der Waals surface area contributed by atoms with Crippen LogP contribution in [0.2, 0.25) is 0 Å². The molecule has 1 unspecified atom stereocenters. The molecule has 1 saturated heterocycles. The molecule has 1 fully saturated rings. The molecular weight excluding hydrogens is 228 g/mol. The Labute approximate surface area is 105 Å². The van der Waals surface area contributed by atoms with E-state index in [2.05, 4.69) is 5.10 Å². The van der Waals surface area contributed by atoms with Gasteiger partial charge in [-0.25, -0.2) is 4.68 Å². The van der Waals surface area contributed by atoms with Crippen molar-refractivity contribution < 1.29 is 9.53 Å². The van der Waals surface area contributed by atoms with Crippen molar-refractivity contribution in [3.63, 3.8) is 0 Å². The van der Waals surface area contributed by atoms with Crippen molar-refractivity contribution in [1.29, 1.82) is 0 Å². The summed E-state index contributed by atoms with van der Waals surface area (Å²) in [6, 6.07) is 11.4. The number of hydrogen-bond acceptors (Lipinski definition) is 3. The molecular formula is C14H14N2O2. The lowest BCUT2D eigenvalue weighted by Crippen LogP contribution is -2.22. The van der Waals surface area contributed by atoms with Crippen LogP contribution >= 0.6 is 0 Å². The van der Waals surface area contributed by atoms with E-state index in [1.807, 2.05) is 30.3 Å². The molecule has 0 spiro atoms. The van der Waals surface area contributed by atoms with E-state index in [-0.39, 0.29) is 11.9 Å². The molecule has 1 aromatic heterocycles. The van der Waals surface area contributed by atoms with Crippen LogP contribution in [-0.2, 0) is 4.74 Å². The van der Waals surface area contributed by atoms with Crippen LogP contribution in [0.4, 0.5) is 0 Å². The summed E-state index contributed by atoms with van der Waals surface area (Å²) >= 11 is 0. The molecule has 1 aliphatic rings. The zero-order chi connectivity index (χ0) is 12.4. The molecule has 0 aliphatic carbocycles. The van der Waals surface area contributed by atoms with Gasteiger partial charge in [-0.1, -0.05) is 18.2 Å². The third kappa shape index (κ3) is 1.95. The van der Waals surface area contributed by atoms with Gasteiger partial charge in [0.2, 0.25) is 5.78 Å². The second kappa shape index (κ2) is 4.74. The average molecular weight is 242 g/mol. The maximum Gasteiger partial charge on any atom is 0.209 e. The van der Waals surface area contributed by atoms with Gasteiger partial charge in [0.15, 0.2) is 0 Å². The van der Waals surface area contributed by atoms with Crippen molar-refractivity contribution in [2.75, 3.05) is 6.61 Å². The second-order valence-electron chi connectivity index (χ2n) is 4.33. The van der Waals surface area contributed by atoms with Crippen LogP contribution in [0.25, 0.3) is 5.69 Å². The van der Waals surface area contributed by atoms with Gasteiger partial charge in [0.05, 0.1) is 11.9 Å². The Morgan fingerprint density at radius 2 is 2.11 bits per heavy atom. The summed E-state index contributed by atoms with van der Waals surface area (Å²) in [5.74, 6) is 0.0221. The maximum atomic E-state index is 12.3. The highest BCUT2D eigenvalue weighted by Gasteiger charge is 2.27. The lowest BCUT2D eigenvalue weighted by Gasteiger charge is -2.10. The first-order valence-electron chi connectivity index (χ1n) is 6.11. The van der Waals surface area contributed by atoms with E-state index >= 15 is 0 Å². The smallest absolute Gasteiger partial charge is 0.209 e. The van der Waals surface area contributed by atoms with Gasteiger partial charge in [-0.2, -0.15) is 5.10 Å². The molecule has 18 heavy (non-hydrogen) atoms. The van der Waals surface area contributed by atoms with Crippen LogP contribution in [0, 0.1) is 0 Å². The molecule has 4 heteroatoms. The van der Waals surface area contributed by atoms with Gasteiger partial charge in [0, 0.05) is 6.61 Å². The normalized spacial score (nSPS) is 19.0. The molecule has 2 heterocycles. The van der Waals surface area contributed by atoms with Crippen LogP contribution in [0.3, 0.4) is 0 Å². The van der Waals surface area contributed by atoms with E-state index in [1.165, 1.54) is 0 Å². The zero-order valence-electron chi connectivity index (χ0n) is 9.95. The summed E-state index contributed by atoms with van der Waals surface area (Å²) in [6.45, 7) is 0.676. The minimum atomic E-state index is -0.302. The largest absolute Gasteiger partial charge is 0.370 e. The van der Waals surface area contributed by atoms with Gasteiger partial charge in [-0.15, -0.1) is 0 Å². The number of carbonyl (C=O) groups excluding carboxylic acids is 1. The van der Waals surface area contributed by atoms with Crippen molar-refractivity contribution in [1.82, 2.24) is 9.78 Å². The zero-order valence-corrected chi connectivity index (χ0v) is 9.95. The topological polar surface area (TPSA) is 44.1 Å². The molecule has 1 aromatic carbocycles. The van der Waals surface area contributed by atoms with Gasteiger partial charge in [-0.05, 0) is 31.0 Å². The minimum absolute atomic E-state index is 0.0221. The average Bonchev–Trinajstić information content (AvgIpc) is 3.10. The quantitative estimate of drug-likeness (QED) is 0.775. The van der Waals surface area contributed by atoms with Crippen molar-refractivity contribution in [2.24, 2.45) is 0 Å². The first-order valence-corrected chi connectivity index (χ1v) is 6.11. The van der Waals surface area contributed by atoms with Crippen LogP contribution in [0.5, 0.6) is 0 Å². The Morgan fingerprint density at radius 3 is 2.83 bits per heavy atom. The fraction of sp³-hybridized carbons (Fsp3) is 0.286. The molecule has 3 rings (SSSR count). The highest BCUT2D eigenvalue weighted by atomic mass is 16.5. The summed E-state index contributed by atoms with van der Waals surface area (Å²) in [6.07, 6.45) is 3.10. The van der Waals surface area contributed by atoms with Gasteiger partial charge in [-0.3, -0.25) is 4.79 Å². The summed E-state index contributed by atoms with van der Waals surface area (Å²) in [5, 5.41) is 4.22. The number of ether oxygens (including phenoxy) is 1. The molecule has 0 amide bonds. The molecule has 4 nitrogen and oxygen atoms in total. The summed E-state index contributed by atoms with van der Waals surface area (Å²) < 4.78 is 7.11. The third-order valence-corrected chi connectivity index (χ3v) is 3.12. The number of carbonyl (C=O) groups is 1. The summed E-state index contributed by atoms with van der Waals surface area (Å²) in [7, 11) is 0. The third-order valence-electron chi connectivity index (χ3n) is 3.12. The Kier molecular flexibility index (Phi) is 2.94. The molecule has 0 N–H and O–H groups in total. The molecule has 0 bridgehead atoms. The fourth-order valence-corrected chi connectivity index (χ4v) is 2.21. The number of ketones is 1. The van der Waals surface area contributed by atoms with Crippen LogP contribution in [0.1, 0.15) is 23.3 Å². The second-order valence-corrected chi connectivity index (χ2v) is 4.33. The number of benzene rings is 1. The number of rotatable bonds is 3. The van der Waals surface area contributed by atoms with E-state index in [9.17, 15) is 4.79 Å². The lowest BCUT2D eigenvalue weighted by molar-refractivity contribution is 0.0635. The van der Waals surface area contributed by atoms with E-state index in [1.54, 1.807) is 16.9 Å². The van der Waals surface area contributed by atoms with Crippen molar-refractivity contribution in [3.8, 4) is 5.69 Å². The monoisotopic (exact) mass is 242 g/mol. The first-order chi connectivity index (χ1) is 8.86. The van der Waals surface area contributed by atoms with E-state index in [4.69, 9.17) is 4.74 Å². The summed E-state index contributed by atoms with van der Waals surface area (Å²) in [5.41, 5.74) is 1.48. The van der Waals surface area contributed by atoms with E-state index in [0.29, 0.717) is 12.3 Å². The van der Waals surface area contributed by atoms with Crippen molar-refractivity contribution in [2.45, 2.75) is 18.9 Å². The van der Waals surface area contributed by atoms with Crippen molar-refractivity contribution in [3.05, 3.63) is 48.3 Å². The van der Waals surface area contributed by atoms with Gasteiger partial charge in [0.25, 0.3) is 0 Å². The van der Waals surface area contributed by atoms with Crippen LogP contribution < -0.4 is 0 Å². The maximum absolute atomic E-state index is 12.3. The number of para-hydroxylation sites is 1. The predicted molar refractivity (Wildman–Crippen MR) is 66.9 cm³/mol. The van der Waals surface area contributed by atoms with Gasteiger partial charge < -0.3 is 4.74 Å². The number of nitrogens with zero attached hydrogens (tertiary/aromatic N) is 2. The highest BCUT2D eigenvalue weighted by Crippen LogP contribution is 2.19. The summed E-state index contributed by atoms with van der Waals surface area (Å²) in [4.78, 5) is 12.3. The van der Waals surface area contributed by atoms with Crippen molar-refractivity contribution >= 4 is 5.78 Å². The van der Waals surface area contributed by atoms with E-state index < -0.39 is 0 Å². The minimum Gasteiger partial charge on any atom is -0.370 e. The first kappa shape index (κ1) is 11.2.